The Morgan fingerprint density at radius 3 is 2.76 bits per heavy atom. The average Bonchev–Trinajstić information content (AvgIpc) is 2.69. The van der Waals surface area contributed by atoms with Gasteiger partial charge in [-0.3, -0.25) is 19.9 Å². The molecule has 1 atom stereocenters. The van der Waals surface area contributed by atoms with Gasteiger partial charge in [0.15, 0.2) is 0 Å². The smallest absolute Gasteiger partial charge is 0.409 e. The number of halogens is 1. The maximum absolute atomic E-state index is 12.2. The van der Waals surface area contributed by atoms with Crippen molar-refractivity contribution in [3.63, 3.8) is 0 Å². The number of carbonyl (C=O) groups excluding carboxylic acids is 3. The van der Waals surface area contributed by atoms with E-state index in [1.807, 2.05) is 30.3 Å². The largest absolute Gasteiger partial charge is 0.450 e. The van der Waals surface area contributed by atoms with Crippen molar-refractivity contribution in [2.45, 2.75) is 32.2 Å². The molecule has 29 heavy (non-hydrogen) atoms. The number of imide groups is 1. The lowest BCUT2D eigenvalue weighted by Crippen LogP contribution is -2.39. The third-order valence-electron chi connectivity index (χ3n) is 4.76. The Bertz CT molecular complexity index is 930. The molecule has 1 saturated heterocycles. The third kappa shape index (κ3) is 4.74. The zero-order valence-corrected chi connectivity index (χ0v) is 17.0. The molecule has 0 aliphatic carbocycles. The first-order chi connectivity index (χ1) is 13.9. The first-order valence-corrected chi connectivity index (χ1v) is 9.73. The third-order valence-corrected chi connectivity index (χ3v) is 5.18. The van der Waals surface area contributed by atoms with Crippen molar-refractivity contribution in [3.05, 3.63) is 52.8 Å². The number of nitrogens with zero attached hydrogens (tertiary/aromatic N) is 2. The Kier molecular flexibility index (Phi) is 6.49. The fourth-order valence-electron chi connectivity index (χ4n) is 3.25. The predicted octanol–water partition coefficient (Wildman–Crippen LogP) is 3.51. The van der Waals surface area contributed by atoms with Crippen LogP contribution >= 0.6 is 11.6 Å². The normalized spacial score (nSPS) is 16.3. The van der Waals surface area contributed by atoms with Crippen molar-refractivity contribution in [2.24, 2.45) is 0 Å². The quantitative estimate of drug-likeness (QED) is 0.755. The van der Waals surface area contributed by atoms with Crippen molar-refractivity contribution in [1.29, 1.82) is 0 Å². The summed E-state index contributed by atoms with van der Waals surface area (Å²) >= 11 is 6.62. The van der Waals surface area contributed by atoms with Gasteiger partial charge in [-0.15, -0.1) is 0 Å². The lowest BCUT2D eigenvalue weighted by Gasteiger charge is -2.23. The Morgan fingerprint density at radius 2 is 2.10 bits per heavy atom. The Labute approximate surface area is 174 Å². The van der Waals surface area contributed by atoms with Crippen LogP contribution in [0.3, 0.4) is 0 Å². The average molecular weight is 416 g/mol. The molecule has 0 bridgehead atoms. The Hall–Kier alpha value is -2.93. The van der Waals surface area contributed by atoms with Crippen LogP contribution in [0.4, 0.5) is 4.79 Å². The molecule has 8 heteroatoms. The Balaban J connectivity index is 1.80. The molecule has 1 fully saturated rings. The van der Waals surface area contributed by atoms with Gasteiger partial charge in [-0.25, -0.2) is 4.79 Å². The van der Waals surface area contributed by atoms with Crippen molar-refractivity contribution in [3.8, 4) is 11.1 Å². The fourth-order valence-corrected chi connectivity index (χ4v) is 3.62. The van der Waals surface area contributed by atoms with E-state index in [1.165, 1.54) is 4.90 Å². The Morgan fingerprint density at radius 1 is 1.31 bits per heavy atom. The number of nitrogens with one attached hydrogen (secondary N) is 1. The SMILES string of the molecule is CCOC(=O)N(C)Cc1ccc(-c2cccc(C3CCC(=O)NC3=O)c2Cl)cn1. The molecule has 3 rings (SSSR count). The van der Waals surface area contributed by atoms with Crippen molar-refractivity contribution in [2.75, 3.05) is 13.7 Å². The topological polar surface area (TPSA) is 88.6 Å². The summed E-state index contributed by atoms with van der Waals surface area (Å²) in [7, 11) is 1.65. The molecular formula is C21H22ClN3O4. The van der Waals surface area contributed by atoms with Crippen LogP contribution in [0.5, 0.6) is 0 Å². The number of ether oxygens (including phenoxy) is 1. The van der Waals surface area contributed by atoms with Crippen molar-refractivity contribution in [1.82, 2.24) is 15.2 Å². The second kappa shape index (κ2) is 9.05. The summed E-state index contributed by atoms with van der Waals surface area (Å²) in [6, 6.07) is 9.20. The summed E-state index contributed by atoms with van der Waals surface area (Å²) in [6.07, 6.45) is 2.01. The molecule has 2 heterocycles. The fraction of sp³-hybridized carbons (Fsp3) is 0.333. The molecular weight excluding hydrogens is 394 g/mol. The van der Waals surface area contributed by atoms with Gasteiger partial charge in [0.05, 0.1) is 29.8 Å². The van der Waals surface area contributed by atoms with Gasteiger partial charge in [-0.1, -0.05) is 35.9 Å². The zero-order valence-electron chi connectivity index (χ0n) is 16.3. The molecule has 2 aromatic rings. The highest BCUT2D eigenvalue weighted by molar-refractivity contribution is 6.34. The molecule has 0 saturated carbocycles. The van der Waals surface area contributed by atoms with E-state index in [0.29, 0.717) is 42.3 Å². The highest BCUT2D eigenvalue weighted by Crippen LogP contribution is 2.36. The molecule has 7 nitrogen and oxygen atoms in total. The van der Waals surface area contributed by atoms with Crippen LogP contribution in [0, 0.1) is 0 Å². The number of aromatic nitrogens is 1. The highest BCUT2D eigenvalue weighted by Gasteiger charge is 2.30. The van der Waals surface area contributed by atoms with Crippen LogP contribution in [0.25, 0.3) is 11.1 Å². The van der Waals surface area contributed by atoms with E-state index in [2.05, 4.69) is 10.3 Å². The molecule has 0 spiro atoms. The summed E-state index contributed by atoms with van der Waals surface area (Å²) in [6.45, 7) is 2.40. The first-order valence-electron chi connectivity index (χ1n) is 9.36. The molecule has 0 radical (unpaired) electrons. The number of hydrogen-bond donors (Lipinski definition) is 1. The second-order valence-electron chi connectivity index (χ2n) is 6.81. The molecule has 1 aliphatic heterocycles. The number of pyridine rings is 1. The minimum Gasteiger partial charge on any atom is -0.450 e. The molecule has 1 aromatic heterocycles. The lowest BCUT2D eigenvalue weighted by molar-refractivity contribution is -0.134. The van der Waals surface area contributed by atoms with E-state index in [0.717, 1.165) is 11.1 Å². The summed E-state index contributed by atoms with van der Waals surface area (Å²) < 4.78 is 4.96. The highest BCUT2D eigenvalue weighted by atomic mass is 35.5. The van der Waals surface area contributed by atoms with Crippen molar-refractivity contribution >= 4 is 29.5 Å². The maximum Gasteiger partial charge on any atom is 0.409 e. The number of amides is 3. The number of piperidine rings is 1. The van der Waals surface area contributed by atoms with Crippen LogP contribution < -0.4 is 5.32 Å². The van der Waals surface area contributed by atoms with Gasteiger partial charge in [0.25, 0.3) is 0 Å². The molecule has 1 aliphatic rings. The second-order valence-corrected chi connectivity index (χ2v) is 7.18. The predicted molar refractivity (Wildman–Crippen MR) is 108 cm³/mol. The maximum atomic E-state index is 12.2. The first kappa shape index (κ1) is 20.8. The molecule has 1 unspecified atom stereocenters. The van der Waals surface area contributed by atoms with E-state index >= 15 is 0 Å². The van der Waals surface area contributed by atoms with Crippen LogP contribution in [0.1, 0.15) is 36.9 Å². The summed E-state index contributed by atoms with van der Waals surface area (Å²) in [5.74, 6) is -1.03. The lowest BCUT2D eigenvalue weighted by atomic mass is 9.88. The van der Waals surface area contributed by atoms with E-state index in [9.17, 15) is 14.4 Å². The van der Waals surface area contributed by atoms with E-state index in [1.54, 1.807) is 20.2 Å². The van der Waals surface area contributed by atoms with Gasteiger partial charge in [0, 0.05) is 30.8 Å². The molecule has 3 amide bonds. The summed E-state index contributed by atoms with van der Waals surface area (Å²) in [5, 5.41) is 2.84. The summed E-state index contributed by atoms with van der Waals surface area (Å²) in [5.41, 5.74) is 2.96. The number of hydrogen-bond acceptors (Lipinski definition) is 5. The number of carbonyl (C=O) groups is 3. The minimum atomic E-state index is -0.453. The van der Waals surface area contributed by atoms with Gasteiger partial charge >= 0.3 is 6.09 Å². The van der Waals surface area contributed by atoms with Gasteiger partial charge < -0.3 is 9.64 Å². The van der Waals surface area contributed by atoms with Crippen LogP contribution in [0.2, 0.25) is 5.02 Å². The van der Waals surface area contributed by atoms with Crippen LogP contribution in [-0.4, -0.2) is 41.4 Å². The van der Waals surface area contributed by atoms with Gasteiger partial charge in [0.2, 0.25) is 11.8 Å². The van der Waals surface area contributed by atoms with Gasteiger partial charge in [-0.05, 0) is 25.0 Å². The number of rotatable bonds is 5. The molecule has 152 valence electrons. The van der Waals surface area contributed by atoms with Gasteiger partial charge in [0.1, 0.15) is 0 Å². The minimum absolute atomic E-state index is 0.258. The monoisotopic (exact) mass is 415 g/mol. The van der Waals surface area contributed by atoms with Crippen molar-refractivity contribution < 1.29 is 19.1 Å². The van der Waals surface area contributed by atoms with E-state index < -0.39 is 12.0 Å². The van der Waals surface area contributed by atoms with Crippen LogP contribution in [-0.2, 0) is 20.9 Å². The molecule has 1 aromatic carbocycles. The van der Waals surface area contributed by atoms with E-state index in [4.69, 9.17) is 16.3 Å². The van der Waals surface area contributed by atoms with Gasteiger partial charge in [-0.2, -0.15) is 0 Å². The standard InChI is InChI=1S/C21H22ClN3O4/c1-3-29-21(28)25(2)12-14-8-7-13(11-23-14)15-5-4-6-16(19(15)22)17-9-10-18(26)24-20(17)27/h4-8,11,17H,3,9-10,12H2,1-2H3,(H,24,26,27). The summed E-state index contributed by atoms with van der Waals surface area (Å²) in [4.78, 5) is 41.2. The molecule has 1 N–H and O–H groups in total. The van der Waals surface area contributed by atoms with E-state index in [-0.39, 0.29) is 11.8 Å². The number of benzene rings is 1. The zero-order chi connectivity index (χ0) is 21.0. The van der Waals surface area contributed by atoms with Crippen LogP contribution in [0.15, 0.2) is 36.5 Å².